The van der Waals surface area contributed by atoms with E-state index in [4.69, 9.17) is 5.73 Å². The Hall–Kier alpha value is -0.780. The molecule has 1 aromatic heterocycles. The summed E-state index contributed by atoms with van der Waals surface area (Å²) in [5, 5.41) is 4.07. The van der Waals surface area contributed by atoms with Gasteiger partial charge in [-0.1, -0.05) is 0 Å². The molecule has 0 radical (unpaired) electrons. The van der Waals surface area contributed by atoms with E-state index in [1.807, 2.05) is 17.2 Å². The lowest BCUT2D eigenvalue weighted by molar-refractivity contribution is -0.135. The van der Waals surface area contributed by atoms with E-state index in [1.165, 1.54) is 6.42 Å². The average molecular weight is 309 g/mol. The largest absolute Gasteiger partial charge is 0.338 e. The molecule has 1 atom stereocenters. The summed E-state index contributed by atoms with van der Waals surface area (Å²) in [4.78, 5) is 14.2. The lowest BCUT2D eigenvalue weighted by Gasteiger charge is -2.35. The van der Waals surface area contributed by atoms with Crippen molar-refractivity contribution in [1.82, 2.24) is 14.7 Å². The van der Waals surface area contributed by atoms with Gasteiger partial charge in [-0.3, -0.25) is 9.48 Å². The van der Waals surface area contributed by atoms with Crippen LogP contribution in [0.2, 0.25) is 0 Å². The summed E-state index contributed by atoms with van der Waals surface area (Å²) >= 11 is 0. The molecule has 19 heavy (non-hydrogen) atoms. The number of carbonyl (C=O) groups is 1. The molecule has 0 saturated carbocycles. The average Bonchev–Trinajstić information content (AvgIpc) is 2.83. The Morgan fingerprint density at radius 3 is 2.79 bits per heavy atom. The van der Waals surface area contributed by atoms with Gasteiger partial charge < -0.3 is 10.6 Å². The highest BCUT2D eigenvalue weighted by atomic mass is 35.5. The van der Waals surface area contributed by atoms with E-state index in [2.05, 4.69) is 5.10 Å². The standard InChI is InChI=1S/C12H20N4O.2ClH/c13-6-5-11-4-1-2-9-16(11)12(17)10-15-8-3-7-14-15;;/h3,7-8,11H,1-2,4-6,9-10,13H2;2*1H. The molecule has 5 nitrogen and oxygen atoms in total. The van der Waals surface area contributed by atoms with Crippen molar-refractivity contribution >= 4 is 30.7 Å². The van der Waals surface area contributed by atoms with E-state index in [0.29, 0.717) is 19.1 Å². The Morgan fingerprint density at radius 1 is 1.37 bits per heavy atom. The van der Waals surface area contributed by atoms with Gasteiger partial charge in [-0.15, -0.1) is 24.8 Å². The second-order valence-electron chi connectivity index (χ2n) is 4.52. The third-order valence-electron chi connectivity index (χ3n) is 3.30. The molecule has 2 N–H and O–H groups in total. The summed E-state index contributed by atoms with van der Waals surface area (Å²) in [6, 6.07) is 2.16. The van der Waals surface area contributed by atoms with Gasteiger partial charge in [0.15, 0.2) is 0 Å². The number of nitrogens with two attached hydrogens (primary N) is 1. The zero-order valence-electron chi connectivity index (χ0n) is 10.9. The Bertz CT molecular complexity index is 357. The minimum Gasteiger partial charge on any atom is -0.338 e. The minimum atomic E-state index is 0. The number of likely N-dealkylation sites (tertiary alicyclic amines) is 1. The van der Waals surface area contributed by atoms with Crippen molar-refractivity contribution in [1.29, 1.82) is 0 Å². The highest BCUT2D eigenvalue weighted by Gasteiger charge is 2.25. The van der Waals surface area contributed by atoms with Crippen LogP contribution in [-0.4, -0.2) is 39.7 Å². The first-order valence-corrected chi connectivity index (χ1v) is 6.28. The molecule has 0 bridgehead atoms. The number of hydrogen-bond donors (Lipinski definition) is 1. The van der Waals surface area contributed by atoms with Crippen molar-refractivity contribution < 1.29 is 4.79 Å². The molecule has 0 spiro atoms. The fourth-order valence-corrected chi connectivity index (χ4v) is 2.44. The van der Waals surface area contributed by atoms with Crippen LogP contribution in [0.1, 0.15) is 25.7 Å². The van der Waals surface area contributed by atoms with Gasteiger partial charge in [-0.2, -0.15) is 5.10 Å². The fourth-order valence-electron chi connectivity index (χ4n) is 2.44. The summed E-state index contributed by atoms with van der Waals surface area (Å²) in [6.45, 7) is 1.86. The van der Waals surface area contributed by atoms with Crippen LogP contribution in [0.3, 0.4) is 0 Å². The van der Waals surface area contributed by atoms with E-state index in [0.717, 1.165) is 25.8 Å². The predicted octanol–water partition coefficient (Wildman–Crippen LogP) is 1.46. The van der Waals surface area contributed by atoms with E-state index >= 15 is 0 Å². The summed E-state index contributed by atoms with van der Waals surface area (Å²) < 4.78 is 1.68. The van der Waals surface area contributed by atoms with Gasteiger partial charge in [0.25, 0.3) is 0 Å². The number of aromatic nitrogens is 2. The topological polar surface area (TPSA) is 64.2 Å². The Balaban J connectivity index is 0.00000162. The zero-order valence-corrected chi connectivity index (χ0v) is 12.5. The lowest BCUT2D eigenvalue weighted by atomic mass is 9.99. The van der Waals surface area contributed by atoms with E-state index in [-0.39, 0.29) is 30.7 Å². The molecule has 0 aromatic carbocycles. The maximum absolute atomic E-state index is 12.2. The molecule has 1 amide bonds. The van der Waals surface area contributed by atoms with Gasteiger partial charge in [-0.25, -0.2) is 0 Å². The molecule has 1 aliphatic heterocycles. The first kappa shape index (κ1) is 18.2. The summed E-state index contributed by atoms with van der Waals surface area (Å²) in [5.74, 6) is 0.159. The monoisotopic (exact) mass is 308 g/mol. The van der Waals surface area contributed by atoms with Gasteiger partial charge >= 0.3 is 0 Å². The van der Waals surface area contributed by atoms with Crippen LogP contribution in [0.15, 0.2) is 18.5 Å². The number of hydrogen-bond acceptors (Lipinski definition) is 3. The SMILES string of the molecule is Cl.Cl.NCCC1CCCCN1C(=O)Cn1cccn1. The second kappa shape index (κ2) is 9.18. The van der Waals surface area contributed by atoms with Crippen LogP contribution in [0.5, 0.6) is 0 Å². The van der Waals surface area contributed by atoms with Crippen LogP contribution < -0.4 is 5.73 Å². The maximum atomic E-state index is 12.2. The predicted molar refractivity (Wildman–Crippen MR) is 79.7 cm³/mol. The zero-order chi connectivity index (χ0) is 12.1. The number of halogens is 2. The Kier molecular flexibility index (Phi) is 8.80. The number of amides is 1. The van der Waals surface area contributed by atoms with Crippen molar-refractivity contribution in [3.63, 3.8) is 0 Å². The number of rotatable bonds is 4. The Labute approximate surface area is 126 Å². The van der Waals surface area contributed by atoms with Crippen LogP contribution in [0.25, 0.3) is 0 Å². The number of carbonyl (C=O) groups excluding carboxylic acids is 1. The van der Waals surface area contributed by atoms with Crippen LogP contribution >= 0.6 is 24.8 Å². The van der Waals surface area contributed by atoms with E-state index < -0.39 is 0 Å². The quantitative estimate of drug-likeness (QED) is 0.916. The van der Waals surface area contributed by atoms with E-state index in [1.54, 1.807) is 10.9 Å². The van der Waals surface area contributed by atoms with Crippen LogP contribution in [-0.2, 0) is 11.3 Å². The molecule has 2 heterocycles. The lowest BCUT2D eigenvalue weighted by Crippen LogP contribution is -2.46. The molecule has 7 heteroatoms. The number of piperidine rings is 1. The van der Waals surface area contributed by atoms with Gasteiger partial charge in [0, 0.05) is 25.0 Å². The minimum absolute atomic E-state index is 0. The Morgan fingerprint density at radius 2 is 2.16 bits per heavy atom. The molecular formula is C12H22Cl2N4O. The summed E-state index contributed by atoms with van der Waals surface area (Å²) in [7, 11) is 0. The summed E-state index contributed by atoms with van der Waals surface area (Å²) in [5.41, 5.74) is 5.60. The normalized spacial score (nSPS) is 18.4. The second-order valence-corrected chi connectivity index (χ2v) is 4.52. The highest BCUT2D eigenvalue weighted by molar-refractivity contribution is 5.85. The third-order valence-corrected chi connectivity index (χ3v) is 3.30. The third kappa shape index (κ3) is 5.01. The highest BCUT2D eigenvalue weighted by Crippen LogP contribution is 2.19. The van der Waals surface area contributed by atoms with Gasteiger partial charge in [-0.05, 0) is 38.3 Å². The van der Waals surface area contributed by atoms with Crippen molar-refractivity contribution in [2.45, 2.75) is 38.3 Å². The molecular weight excluding hydrogens is 287 g/mol. The molecule has 110 valence electrons. The molecule has 1 aliphatic rings. The molecule has 1 saturated heterocycles. The van der Waals surface area contributed by atoms with Crippen molar-refractivity contribution in [2.75, 3.05) is 13.1 Å². The van der Waals surface area contributed by atoms with Crippen LogP contribution in [0, 0.1) is 0 Å². The molecule has 2 rings (SSSR count). The first-order chi connectivity index (χ1) is 8.31. The molecule has 0 aliphatic carbocycles. The maximum Gasteiger partial charge on any atom is 0.244 e. The molecule has 1 fully saturated rings. The van der Waals surface area contributed by atoms with Crippen LogP contribution in [0.4, 0.5) is 0 Å². The van der Waals surface area contributed by atoms with E-state index in [9.17, 15) is 4.79 Å². The van der Waals surface area contributed by atoms with Gasteiger partial charge in [0.05, 0.1) is 0 Å². The first-order valence-electron chi connectivity index (χ1n) is 6.28. The van der Waals surface area contributed by atoms with Crippen molar-refractivity contribution in [3.8, 4) is 0 Å². The molecule has 1 unspecified atom stereocenters. The fraction of sp³-hybridized carbons (Fsp3) is 0.667. The van der Waals surface area contributed by atoms with Crippen molar-refractivity contribution in [3.05, 3.63) is 18.5 Å². The van der Waals surface area contributed by atoms with Crippen molar-refractivity contribution in [2.24, 2.45) is 5.73 Å². The number of nitrogens with zero attached hydrogens (tertiary/aromatic N) is 3. The smallest absolute Gasteiger partial charge is 0.244 e. The summed E-state index contributed by atoms with van der Waals surface area (Å²) in [6.07, 6.45) is 7.82. The molecule has 1 aromatic rings. The van der Waals surface area contributed by atoms with Gasteiger partial charge in [0.1, 0.15) is 6.54 Å². The van der Waals surface area contributed by atoms with Gasteiger partial charge in [0.2, 0.25) is 5.91 Å².